The van der Waals surface area contributed by atoms with E-state index in [0.717, 1.165) is 29.5 Å². The largest absolute Gasteiger partial charge is 0.486 e. The summed E-state index contributed by atoms with van der Waals surface area (Å²) in [5.74, 6) is 2.70. The van der Waals surface area contributed by atoms with Gasteiger partial charge in [0.1, 0.15) is 13.2 Å². The van der Waals surface area contributed by atoms with Gasteiger partial charge in [-0.1, -0.05) is 12.5 Å². The standard InChI is InChI=1S/C23H33N3O2/c1-2-8-24-14-18(4-6-19(24)3-1)21-16-25-9-10-26(21)15-20(25)17-5-7-22-23(13-17)28-12-11-27-22/h5,7,13,18-21H,1-4,6,8-12,14-16H2. The zero-order valence-electron chi connectivity index (χ0n) is 16.9. The van der Waals surface area contributed by atoms with Crippen LogP contribution in [0.1, 0.15) is 43.7 Å². The van der Waals surface area contributed by atoms with Gasteiger partial charge in [0, 0.05) is 50.8 Å². The van der Waals surface area contributed by atoms with E-state index in [0.29, 0.717) is 19.3 Å². The van der Waals surface area contributed by atoms with Crippen LogP contribution >= 0.6 is 0 Å². The SMILES string of the molecule is c1cc2c(cc1C1CN3CCN1CC3C1CCC3CCCCN3C1)OCCO2. The number of rotatable bonds is 2. The molecule has 0 aliphatic carbocycles. The second-order valence-electron chi connectivity index (χ2n) is 9.46. The van der Waals surface area contributed by atoms with Crippen molar-refractivity contribution in [3.63, 3.8) is 0 Å². The summed E-state index contributed by atoms with van der Waals surface area (Å²) in [6.07, 6.45) is 7.17. The van der Waals surface area contributed by atoms with Crippen molar-refractivity contribution in [2.24, 2.45) is 5.92 Å². The normalized spacial score (nSPS) is 40.1. The number of nitrogens with zero attached hydrogens (tertiary/aromatic N) is 3. The van der Waals surface area contributed by atoms with Gasteiger partial charge in [-0.05, 0) is 55.8 Å². The molecule has 6 aliphatic rings. The van der Waals surface area contributed by atoms with Crippen LogP contribution in [0, 0.1) is 5.92 Å². The Balaban J connectivity index is 1.17. The molecule has 1 aromatic carbocycles. The van der Waals surface area contributed by atoms with Crippen LogP contribution in [0.25, 0.3) is 0 Å². The van der Waals surface area contributed by atoms with E-state index in [1.54, 1.807) is 0 Å². The Kier molecular flexibility index (Phi) is 4.51. The average Bonchev–Trinajstić information content (AvgIpc) is 2.78. The third-order valence-electron chi connectivity index (χ3n) is 8.00. The predicted molar refractivity (Wildman–Crippen MR) is 109 cm³/mol. The lowest BCUT2D eigenvalue weighted by Gasteiger charge is -2.56. The maximum Gasteiger partial charge on any atom is 0.161 e. The molecule has 28 heavy (non-hydrogen) atoms. The molecule has 5 nitrogen and oxygen atoms in total. The Morgan fingerprint density at radius 3 is 2.54 bits per heavy atom. The Morgan fingerprint density at radius 1 is 0.750 bits per heavy atom. The molecule has 7 rings (SSSR count). The van der Waals surface area contributed by atoms with Gasteiger partial charge >= 0.3 is 0 Å². The highest BCUT2D eigenvalue weighted by atomic mass is 16.6. The fourth-order valence-electron chi connectivity index (χ4n) is 6.49. The van der Waals surface area contributed by atoms with Crippen LogP contribution in [0.4, 0.5) is 0 Å². The van der Waals surface area contributed by atoms with E-state index in [1.165, 1.54) is 76.9 Å². The highest BCUT2D eigenvalue weighted by molar-refractivity contribution is 5.45. The first kappa shape index (κ1) is 17.5. The van der Waals surface area contributed by atoms with Crippen LogP contribution in [0.5, 0.6) is 11.5 Å². The van der Waals surface area contributed by atoms with Gasteiger partial charge in [0.15, 0.2) is 11.5 Å². The lowest BCUT2D eigenvalue weighted by Crippen LogP contribution is -2.65. The minimum absolute atomic E-state index is 0.507. The van der Waals surface area contributed by atoms with Gasteiger partial charge in [0.25, 0.3) is 0 Å². The van der Waals surface area contributed by atoms with Crippen molar-refractivity contribution in [3.8, 4) is 11.5 Å². The molecule has 0 saturated carbocycles. The summed E-state index contributed by atoms with van der Waals surface area (Å²) in [6, 6.07) is 8.75. The molecule has 0 amide bonds. The Morgan fingerprint density at radius 2 is 1.64 bits per heavy atom. The number of benzene rings is 1. The molecule has 152 valence electrons. The molecular weight excluding hydrogens is 350 g/mol. The topological polar surface area (TPSA) is 28.2 Å². The Hall–Kier alpha value is -1.30. The second-order valence-corrected chi connectivity index (χ2v) is 9.46. The van der Waals surface area contributed by atoms with Crippen LogP contribution in [-0.2, 0) is 0 Å². The number of piperazine rings is 3. The highest BCUT2D eigenvalue weighted by Gasteiger charge is 2.44. The van der Waals surface area contributed by atoms with Gasteiger partial charge in [-0.3, -0.25) is 9.80 Å². The van der Waals surface area contributed by atoms with Gasteiger partial charge in [-0.2, -0.15) is 0 Å². The quantitative estimate of drug-likeness (QED) is 0.783. The second kappa shape index (κ2) is 7.19. The summed E-state index contributed by atoms with van der Waals surface area (Å²) in [6.45, 7) is 8.87. The molecule has 2 bridgehead atoms. The van der Waals surface area contributed by atoms with Crippen molar-refractivity contribution < 1.29 is 9.47 Å². The third-order valence-corrected chi connectivity index (χ3v) is 8.00. The van der Waals surface area contributed by atoms with Gasteiger partial charge in [-0.15, -0.1) is 0 Å². The fraction of sp³-hybridized carbons (Fsp3) is 0.739. The van der Waals surface area contributed by atoms with Crippen LogP contribution in [0.15, 0.2) is 18.2 Å². The first-order valence-corrected chi connectivity index (χ1v) is 11.5. The first-order chi connectivity index (χ1) is 13.8. The molecule has 6 unspecified atom stereocenters. The monoisotopic (exact) mass is 383 g/mol. The minimum Gasteiger partial charge on any atom is -0.486 e. The molecule has 0 radical (unpaired) electrons. The number of piperidine rings is 2. The number of hydrogen-bond acceptors (Lipinski definition) is 5. The van der Waals surface area contributed by atoms with E-state index in [1.807, 2.05) is 0 Å². The molecule has 0 spiro atoms. The maximum absolute atomic E-state index is 5.84. The Labute approximate surface area is 168 Å². The zero-order valence-corrected chi connectivity index (χ0v) is 16.9. The molecule has 0 aromatic heterocycles. The molecule has 1 aromatic rings. The van der Waals surface area contributed by atoms with Gasteiger partial charge < -0.3 is 14.4 Å². The summed E-state index contributed by atoms with van der Waals surface area (Å²) in [4.78, 5) is 8.39. The molecule has 5 heteroatoms. The van der Waals surface area contributed by atoms with Gasteiger partial charge in [-0.25, -0.2) is 0 Å². The molecule has 6 heterocycles. The number of hydrogen-bond donors (Lipinski definition) is 0. The van der Waals surface area contributed by atoms with Crippen molar-refractivity contribution in [1.29, 1.82) is 0 Å². The molecular formula is C23H33N3O2. The van der Waals surface area contributed by atoms with Gasteiger partial charge in [0.2, 0.25) is 0 Å². The van der Waals surface area contributed by atoms with E-state index in [2.05, 4.69) is 32.9 Å². The van der Waals surface area contributed by atoms with E-state index < -0.39 is 0 Å². The fourth-order valence-corrected chi connectivity index (χ4v) is 6.49. The van der Waals surface area contributed by atoms with E-state index >= 15 is 0 Å². The van der Waals surface area contributed by atoms with Crippen LogP contribution < -0.4 is 9.47 Å². The summed E-state index contributed by atoms with van der Waals surface area (Å²) in [5, 5.41) is 0. The van der Waals surface area contributed by atoms with E-state index in [9.17, 15) is 0 Å². The van der Waals surface area contributed by atoms with Crippen molar-refractivity contribution in [2.45, 2.75) is 50.2 Å². The van der Waals surface area contributed by atoms with Crippen molar-refractivity contribution in [3.05, 3.63) is 23.8 Å². The predicted octanol–water partition coefficient (Wildman–Crippen LogP) is 2.76. The minimum atomic E-state index is 0.507. The van der Waals surface area contributed by atoms with Crippen molar-refractivity contribution in [2.75, 3.05) is 52.5 Å². The lowest BCUT2D eigenvalue weighted by atomic mass is 9.81. The highest BCUT2D eigenvalue weighted by Crippen LogP contribution is 2.40. The zero-order chi connectivity index (χ0) is 18.5. The summed E-state index contributed by atoms with van der Waals surface area (Å²) >= 11 is 0. The molecule has 0 N–H and O–H groups in total. The van der Waals surface area contributed by atoms with Crippen LogP contribution in [0.3, 0.4) is 0 Å². The first-order valence-electron chi connectivity index (χ1n) is 11.5. The van der Waals surface area contributed by atoms with E-state index in [4.69, 9.17) is 9.47 Å². The lowest BCUT2D eigenvalue weighted by molar-refractivity contribution is -0.0700. The van der Waals surface area contributed by atoms with Crippen molar-refractivity contribution >= 4 is 0 Å². The summed E-state index contributed by atoms with van der Waals surface area (Å²) in [7, 11) is 0. The Bertz CT molecular complexity index is 726. The van der Waals surface area contributed by atoms with E-state index in [-0.39, 0.29) is 0 Å². The molecule has 6 aliphatic heterocycles. The third kappa shape index (κ3) is 3.03. The molecule has 5 saturated heterocycles. The van der Waals surface area contributed by atoms with Crippen LogP contribution in [0.2, 0.25) is 0 Å². The van der Waals surface area contributed by atoms with Crippen LogP contribution in [-0.4, -0.2) is 79.3 Å². The van der Waals surface area contributed by atoms with Gasteiger partial charge in [0.05, 0.1) is 0 Å². The number of fused-ring (bicyclic) bond motifs is 5. The number of ether oxygens (including phenoxy) is 2. The van der Waals surface area contributed by atoms with Crippen molar-refractivity contribution in [1.82, 2.24) is 14.7 Å². The summed E-state index contributed by atoms with van der Waals surface area (Å²) in [5.41, 5.74) is 1.40. The molecule has 5 fully saturated rings. The smallest absolute Gasteiger partial charge is 0.161 e. The average molecular weight is 384 g/mol. The maximum atomic E-state index is 5.84. The molecule has 6 atom stereocenters. The summed E-state index contributed by atoms with van der Waals surface area (Å²) < 4.78 is 11.6.